The van der Waals surface area contributed by atoms with Crippen molar-refractivity contribution < 1.29 is 9.47 Å². The molecule has 0 saturated carbocycles. The highest BCUT2D eigenvalue weighted by Crippen LogP contribution is 2.26. The first-order valence-corrected chi connectivity index (χ1v) is 8.03. The van der Waals surface area contributed by atoms with Crippen molar-refractivity contribution in [2.75, 3.05) is 13.7 Å². The van der Waals surface area contributed by atoms with Gasteiger partial charge < -0.3 is 15.2 Å². The van der Waals surface area contributed by atoms with Crippen LogP contribution in [-0.2, 0) is 18.4 Å². The summed E-state index contributed by atoms with van der Waals surface area (Å²) in [7, 11) is 1.68. The molecule has 0 aliphatic rings. The summed E-state index contributed by atoms with van der Waals surface area (Å²) in [6.07, 6.45) is 0.858. The van der Waals surface area contributed by atoms with Gasteiger partial charge in [-0.05, 0) is 53.8 Å². The maximum Gasteiger partial charge on any atom is 0.125 e. The van der Waals surface area contributed by atoms with Crippen molar-refractivity contribution >= 4 is 0 Å². The highest BCUT2D eigenvalue weighted by Gasteiger charge is 2.13. The molecule has 0 unspecified atom stereocenters. The Hall–Kier alpha value is -2.00. The summed E-state index contributed by atoms with van der Waals surface area (Å²) in [5.74, 6) is 1.71. The van der Waals surface area contributed by atoms with Gasteiger partial charge in [-0.2, -0.15) is 0 Å². The van der Waals surface area contributed by atoms with Gasteiger partial charge in [0.15, 0.2) is 0 Å². The Morgan fingerprint density at radius 3 is 2.26 bits per heavy atom. The van der Waals surface area contributed by atoms with Crippen LogP contribution in [0, 0.1) is 0 Å². The number of benzene rings is 2. The summed E-state index contributed by atoms with van der Waals surface area (Å²) >= 11 is 0. The minimum atomic E-state index is 0.151. The number of hydrogen-bond donors (Lipinski definition) is 1. The Labute approximate surface area is 139 Å². The molecule has 0 amide bonds. The van der Waals surface area contributed by atoms with Gasteiger partial charge in [-0.1, -0.05) is 39.0 Å². The first-order valence-electron chi connectivity index (χ1n) is 8.03. The molecule has 3 heteroatoms. The first-order chi connectivity index (χ1) is 10.9. The monoisotopic (exact) mass is 313 g/mol. The number of hydrogen-bond acceptors (Lipinski definition) is 3. The van der Waals surface area contributed by atoms with Crippen LogP contribution in [0.2, 0.25) is 0 Å². The van der Waals surface area contributed by atoms with Crippen LogP contribution in [-0.4, -0.2) is 13.7 Å². The summed E-state index contributed by atoms with van der Waals surface area (Å²) in [4.78, 5) is 0. The minimum Gasteiger partial charge on any atom is -0.496 e. The third-order valence-corrected chi connectivity index (χ3v) is 3.89. The Morgan fingerprint density at radius 1 is 1.00 bits per heavy atom. The maximum absolute atomic E-state index is 5.92. The second-order valence-corrected chi connectivity index (χ2v) is 6.75. The standard InChI is InChI=1S/C20H27NO2/c1-20(2,3)17-6-8-18(9-7-17)23-14-16-13-15(11-12-21)5-10-19(16)22-4/h5-10,13H,11-12,14,21H2,1-4H3. The lowest BCUT2D eigenvalue weighted by Crippen LogP contribution is -2.10. The minimum absolute atomic E-state index is 0.151. The lowest BCUT2D eigenvalue weighted by Gasteiger charge is -2.19. The number of ether oxygens (including phenoxy) is 2. The number of nitrogens with two attached hydrogens (primary N) is 1. The van der Waals surface area contributed by atoms with E-state index in [-0.39, 0.29) is 5.41 Å². The molecule has 0 aliphatic heterocycles. The highest BCUT2D eigenvalue weighted by atomic mass is 16.5. The summed E-state index contributed by atoms with van der Waals surface area (Å²) < 4.78 is 11.3. The van der Waals surface area contributed by atoms with E-state index in [4.69, 9.17) is 15.2 Å². The van der Waals surface area contributed by atoms with Crippen molar-refractivity contribution in [3.8, 4) is 11.5 Å². The summed E-state index contributed by atoms with van der Waals surface area (Å²) in [5.41, 5.74) is 9.33. The molecule has 0 radical (unpaired) electrons. The van der Waals surface area contributed by atoms with E-state index in [9.17, 15) is 0 Å². The smallest absolute Gasteiger partial charge is 0.125 e. The topological polar surface area (TPSA) is 44.5 Å². The van der Waals surface area contributed by atoms with Crippen LogP contribution >= 0.6 is 0 Å². The van der Waals surface area contributed by atoms with Crippen LogP contribution in [0.3, 0.4) is 0 Å². The van der Waals surface area contributed by atoms with Crippen LogP contribution in [0.4, 0.5) is 0 Å². The van der Waals surface area contributed by atoms with E-state index in [0.717, 1.165) is 23.5 Å². The summed E-state index contributed by atoms with van der Waals surface area (Å²) in [5, 5.41) is 0. The molecule has 0 bridgehead atoms. The van der Waals surface area contributed by atoms with Gasteiger partial charge in [-0.15, -0.1) is 0 Å². The van der Waals surface area contributed by atoms with Gasteiger partial charge in [0.2, 0.25) is 0 Å². The SMILES string of the molecule is COc1ccc(CCN)cc1COc1ccc(C(C)(C)C)cc1. The highest BCUT2D eigenvalue weighted by molar-refractivity contribution is 5.38. The Balaban J connectivity index is 2.09. The van der Waals surface area contributed by atoms with E-state index in [1.807, 2.05) is 24.3 Å². The molecular formula is C20H27NO2. The number of methoxy groups -OCH3 is 1. The van der Waals surface area contributed by atoms with Crippen molar-refractivity contribution in [3.63, 3.8) is 0 Å². The van der Waals surface area contributed by atoms with Crippen LogP contribution in [0.5, 0.6) is 11.5 Å². The van der Waals surface area contributed by atoms with Crippen LogP contribution in [0.15, 0.2) is 42.5 Å². The summed E-state index contributed by atoms with van der Waals surface area (Å²) in [6, 6.07) is 14.4. The predicted octanol–water partition coefficient (Wildman–Crippen LogP) is 4.07. The fourth-order valence-corrected chi connectivity index (χ4v) is 2.48. The van der Waals surface area contributed by atoms with Gasteiger partial charge in [0, 0.05) is 5.56 Å². The molecule has 0 aromatic heterocycles. The molecule has 0 aliphatic carbocycles. The zero-order valence-corrected chi connectivity index (χ0v) is 14.6. The lowest BCUT2D eigenvalue weighted by molar-refractivity contribution is 0.296. The molecule has 0 atom stereocenters. The van der Waals surface area contributed by atoms with Crippen LogP contribution in [0.1, 0.15) is 37.5 Å². The van der Waals surface area contributed by atoms with Gasteiger partial charge in [0.25, 0.3) is 0 Å². The maximum atomic E-state index is 5.92. The van der Waals surface area contributed by atoms with Gasteiger partial charge >= 0.3 is 0 Å². The van der Waals surface area contributed by atoms with E-state index in [1.54, 1.807) is 7.11 Å². The van der Waals surface area contributed by atoms with Crippen LogP contribution in [0.25, 0.3) is 0 Å². The fourth-order valence-electron chi connectivity index (χ4n) is 2.48. The summed E-state index contributed by atoms with van der Waals surface area (Å²) in [6.45, 7) is 7.74. The molecule has 23 heavy (non-hydrogen) atoms. The molecule has 2 aromatic carbocycles. The zero-order valence-electron chi connectivity index (χ0n) is 14.6. The third kappa shape index (κ3) is 4.73. The van der Waals surface area contributed by atoms with Crippen molar-refractivity contribution in [1.82, 2.24) is 0 Å². The number of rotatable bonds is 6. The lowest BCUT2D eigenvalue weighted by atomic mass is 9.87. The van der Waals surface area contributed by atoms with E-state index in [0.29, 0.717) is 13.2 Å². The molecule has 0 saturated heterocycles. The molecule has 2 aromatic rings. The molecule has 0 heterocycles. The Morgan fingerprint density at radius 2 is 1.70 bits per heavy atom. The molecule has 0 fully saturated rings. The molecule has 3 nitrogen and oxygen atoms in total. The van der Waals surface area contributed by atoms with E-state index in [2.05, 4.69) is 39.0 Å². The van der Waals surface area contributed by atoms with E-state index in [1.165, 1.54) is 11.1 Å². The third-order valence-electron chi connectivity index (χ3n) is 3.89. The molecule has 0 spiro atoms. The van der Waals surface area contributed by atoms with Crippen LogP contribution < -0.4 is 15.2 Å². The fraction of sp³-hybridized carbons (Fsp3) is 0.400. The normalized spacial score (nSPS) is 11.3. The zero-order chi connectivity index (χ0) is 16.9. The average molecular weight is 313 g/mol. The quantitative estimate of drug-likeness (QED) is 0.874. The Kier molecular flexibility index (Phi) is 5.67. The largest absolute Gasteiger partial charge is 0.496 e. The van der Waals surface area contributed by atoms with Crippen molar-refractivity contribution in [3.05, 3.63) is 59.2 Å². The van der Waals surface area contributed by atoms with Crippen molar-refractivity contribution in [2.45, 2.75) is 39.2 Å². The van der Waals surface area contributed by atoms with Gasteiger partial charge in [-0.3, -0.25) is 0 Å². The second kappa shape index (κ2) is 7.51. The van der Waals surface area contributed by atoms with Gasteiger partial charge in [0.1, 0.15) is 18.1 Å². The van der Waals surface area contributed by atoms with E-state index >= 15 is 0 Å². The Bertz CT molecular complexity index is 627. The van der Waals surface area contributed by atoms with E-state index < -0.39 is 0 Å². The van der Waals surface area contributed by atoms with Gasteiger partial charge in [0.05, 0.1) is 7.11 Å². The molecule has 124 valence electrons. The van der Waals surface area contributed by atoms with Crippen molar-refractivity contribution in [1.29, 1.82) is 0 Å². The molecule has 2 N–H and O–H groups in total. The molecular weight excluding hydrogens is 286 g/mol. The van der Waals surface area contributed by atoms with Crippen molar-refractivity contribution in [2.24, 2.45) is 5.73 Å². The second-order valence-electron chi connectivity index (χ2n) is 6.75. The first kappa shape index (κ1) is 17.4. The van der Waals surface area contributed by atoms with Gasteiger partial charge in [-0.25, -0.2) is 0 Å². The molecule has 2 rings (SSSR count). The average Bonchev–Trinajstić information content (AvgIpc) is 2.53. The predicted molar refractivity (Wildman–Crippen MR) is 95.2 cm³/mol.